The van der Waals surface area contributed by atoms with Gasteiger partial charge in [0, 0.05) is 5.57 Å². The highest BCUT2D eigenvalue weighted by molar-refractivity contribution is 5.96. The summed E-state index contributed by atoms with van der Waals surface area (Å²) >= 11 is 0. The van der Waals surface area contributed by atoms with Crippen LogP contribution >= 0.6 is 0 Å². The Bertz CT molecular complexity index is 338. The quantitative estimate of drug-likeness (QED) is 0.679. The molecule has 1 unspecified atom stereocenters. The first-order valence-electron chi connectivity index (χ1n) is 4.02. The fourth-order valence-corrected chi connectivity index (χ4v) is 1.30. The molecule has 0 amide bonds. The van der Waals surface area contributed by atoms with Crippen LogP contribution in [0.4, 0.5) is 0 Å². The summed E-state index contributed by atoms with van der Waals surface area (Å²) in [6.45, 7) is 6.95. The van der Waals surface area contributed by atoms with Crippen LogP contribution in [0.5, 0.6) is 0 Å². The monoisotopic (exact) mass is 194 g/mol. The molecule has 0 aromatic carbocycles. The van der Waals surface area contributed by atoms with Gasteiger partial charge in [0.05, 0.1) is 12.0 Å². The number of cyclic esters (lactones) is 1. The number of carboxylic acid groups (broad SMARTS) is 1. The topological polar surface area (TPSA) is 63.6 Å². The zero-order chi connectivity index (χ0) is 10.7. The van der Waals surface area contributed by atoms with E-state index in [4.69, 9.17) is 9.84 Å². The fourth-order valence-electron chi connectivity index (χ4n) is 1.30. The average molecular weight is 194 g/mol. The third-order valence-corrected chi connectivity index (χ3v) is 1.91. The molecule has 4 heteroatoms. The molecule has 1 rings (SSSR count). The first-order valence-corrected chi connectivity index (χ1v) is 4.02. The lowest BCUT2D eigenvalue weighted by Crippen LogP contribution is -2.15. The van der Waals surface area contributed by atoms with Crippen LogP contribution in [0.1, 0.15) is 6.42 Å². The molecule has 0 saturated heterocycles. The molecule has 0 spiro atoms. The molecule has 1 aliphatic heterocycles. The van der Waals surface area contributed by atoms with E-state index in [1.54, 1.807) is 0 Å². The molecule has 0 aliphatic carbocycles. The van der Waals surface area contributed by atoms with Crippen LogP contribution in [0.15, 0.2) is 36.5 Å². The molecule has 1 N–H and O–H groups in total. The third kappa shape index (κ3) is 1.74. The van der Waals surface area contributed by atoms with Gasteiger partial charge in [-0.05, 0) is 0 Å². The SMILES string of the molecule is C=CC1=C(C=C)C(CC(=O)O)OC1=O. The summed E-state index contributed by atoms with van der Waals surface area (Å²) in [6.07, 6.45) is 1.80. The molecule has 74 valence electrons. The molecular weight excluding hydrogens is 184 g/mol. The molecule has 0 fully saturated rings. The van der Waals surface area contributed by atoms with Crippen LogP contribution in [-0.2, 0) is 14.3 Å². The summed E-state index contributed by atoms with van der Waals surface area (Å²) in [5, 5.41) is 8.56. The maximum absolute atomic E-state index is 11.2. The molecule has 4 nitrogen and oxygen atoms in total. The second kappa shape index (κ2) is 3.91. The minimum absolute atomic E-state index is 0.246. The number of carbonyl (C=O) groups excluding carboxylic acids is 1. The van der Waals surface area contributed by atoms with Crippen molar-refractivity contribution < 1.29 is 19.4 Å². The van der Waals surface area contributed by atoms with Crippen molar-refractivity contribution in [2.24, 2.45) is 0 Å². The Morgan fingerprint density at radius 2 is 2.14 bits per heavy atom. The number of carboxylic acids is 1. The lowest BCUT2D eigenvalue weighted by Gasteiger charge is -2.07. The molecule has 1 aliphatic rings. The van der Waals surface area contributed by atoms with Crippen molar-refractivity contribution in [2.45, 2.75) is 12.5 Å². The van der Waals surface area contributed by atoms with Crippen molar-refractivity contribution in [3.05, 3.63) is 36.5 Å². The van der Waals surface area contributed by atoms with E-state index >= 15 is 0 Å². The van der Waals surface area contributed by atoms with E-state index in [1.165, 1.54) is 12.2 Å². The second-order valence-corrected chi connectivity index (χ2v) is 2.77. The van der Waals surface area contributed by atoms with Gasteiger partial charge in [-0.3, -0.25) is 4.79 Å². The Labute approximate surface area is 81.2 Å². The number of hydrogen-bond donors (Lipinski definition) is 1. The molecule has 0 radical (unpaired) electrons. The van der Waals surface area contributed by atoms with Gasteiger partial charge in [0.15, 0.2) is 0 Å². The van der Waals surface area contributed by atoms with Crippen LogP contribution < -0.4 is 0 Å². The van der Waals surface area contributed by atoms with Crippen molar-refractivity contribution >= 4 is 11.9 Å². The van der Waals surface area contributed by atoms with E-state index < -0.39 is 18.0 Å². The van der Waals surface area contributed by atoms with Crippen LogP contribution in [0, 0.1) is 0 Å². The molecule has 0 aromatic heterocycles. The summed E-state index contributed by atoms with van der Waals surface area (Å²) in [4.78, 5) is 21.6. The Balaban J connectivity index is 2.98. The standard InChI is InChI=1S/C10H10O4/c1-3-6-7(4-2)10(13)14-8(6)5-9(11)12/h3-4,8H,1-2,5H2,(H,11,12). The number of rotatable bonds is 4. The summed E-state index contributed by atoms with van der Waals surface area (Å²) in [6, 6.07) is 0. The van der Waals surface area contributed by atoms with Gasteiger partial charge < -0.3 is 9.84 Å². The predicted molar refractivity (Wildman–Crippen MR) is 49.6 cm³/mol. The lowest BCUT2D eigenvalue weighted by atomic mass is 10.0. The average Bonchev–Trinajstić information content (AvgIpc) is 2.39. The molecule has 14 heavy (non-hydrogen) atoms. The Morgan fingerprint density at radius 3 is 2.57 bits per heavy atom. The molecular formula is C10H10O4. The van der Waals surface area contributed by atoms with E-state index in [9.17, 15) is 9.59 Å². The maximum atomic E-state index is 11.2. The number of hydrogen-bond acceptors (Lipinski definition) is 3. The number of ether oxygens (including phenoxy) is 1. The Hall–Kier alpha value is -1.84. The predicted octanol–water partition coefficient (Wildman–Crippen LogP) is 1.06. The first kappa shape index (κ1) is 10.2. The number of esters is 1. The van der Waals surface area contributed by atoms with Gasteiger partial charge in [-0.2, -0.15) is 0 Å². The van der Waals surface area contributed by atoms with Gasteiger partial charge in [-0.1, -0.05) is 25.3 Å². The minimum atomic E-state index is -1.02. The smallest absolute Gasteiger partial charge is 0.339 e. The second-order valence-electron chi connectivity index (χ2n) is 2.77. The van der Waals surface area contributed by atoms with Crippen LogP contribution in [0.3, 0.4) is 0 Å². The van der Waals surface area contributed by atoms with Gasteiger partial charge in [0.2, 0.25) is 0 Å². The number of aliphatic carboxylic acids is 1. The van der Waals surface area contributed by atoms with E-state index in [2.05, 4.69) is 13.2 Å². The normalized spacial score (nSPS) is 20.6. The highest BCUT2D eigenvalue weighted by atomic mass is 16.5. The van der Waals surface area contributed by atoms with E-state index in [0.29, 0.717) is 11.1 Å². The molecule has 0 saturated carbocycles. The summed E-state index contributed by atoms with van der Waals surface area (Å²) in [5.74, 6) is -1.56. The molecule has 0 aromatic rings. The highest BCUT2D eigenvalue weighted by Gasteiger charge is 2.31. The minimum Gasteiger partial charge on any atom is -0.481 e. The fraction of sp³-hybridized carbons (Fsp3) is 0.200. The van der Waals surface area contributed by atoms with Crippen LogP contribution in [-0.4, -0.2) is 23.1 Å². The number of carbonyl (C=O) groups is 2. The first-order chi connectivity index (χ1) is 6.60. The molecule has 1 heterocycles. The largest absolute Gasteiger partial charge is 0.481 e. The zero-order valence-electron chi connectivity index (χ0n) is 7.53. The van der Waals surface area contributed by atoms with Crippen LogP contribution in [0.25, 0.3) is 0 Å². The van der Waals surface area contributed by atoms with Crippen molar-refractivity contribution in [1.82, 2.24) is 0 Å². The van der Waals surface area contributed by atoms with E-state index in [0.717, 1.165) is 0 Å². The van der Waals surface area contributed by atoms with Gasteiger partial charge in [0.25, 0.3) is 0 Å². The van der Waals surface area contributed by atoms with Crippen LogP contribution in [0.2, 0.25) is 0 Å². The van der Waals surface area contributed by atoms with Gasteiger partial charge in [0.1, 0.15) is 6.10 Å². The highest BCUT2D eigenvalue weighted by Crippen LogP contribution is 2.26. The zero-order valence-corrected chi connectivity index (χ0v) is 7.53. The Morgan fingerprint density at radius 1 is 1.50 bits per heavy atom. The molecule has 0 bridgehead atoms. The summed E-state index contributed by atoms with van der Waals surface area (Å²) < 4.78 is 4.84. The Kier molecular flexibility index (Phi) is 2.86. The van der Waals surface area contributed by atoms with Crippen molar-refractivity contribution in [3.63, 3.8) is 0 Å². The maximum Gasteiger partial charge on any atom is 0.339 e. The van der Waals surface area contributed by atoms with Gasteiger partial charge >= 0.3 is 11.9 Å². The van der Waals surface area contributed by atoms with E-state index in [-0.39, 0.29) is 6.42 Å². The molecule has 1 atom stereocenters. The summed E-state index contributed by atoms with van der Waals surface area (Å²) in [7, 11) is 0. The van der Waals surface area contributed by atoms with Gasteiger partial charge in [-0.15, -0.1) is 0 Å². The lowest BCUT2D eigenvalue weighted by molar-refractivity contribution is -0.144. The summed E-state index contributed by atoms with van der Waals surface area (Å²) in [5.41, 5.74) is 0.790. The van der Waals surface area contributed by atoms with E-state index in [1.807, 2.05) is 0 Å². The van der Waals surface area contributed by atoms with Crippen molar-refractivity contribution in [1.29, 1.82) is 0 Å². The van der Waals surface area contributed by atoms with Crippen molar-refractivity contribution in [2.75, 3.05) is 0 Å². The van der Waals surface area contributed by atoms with Crippen molar-refractivity contribution in [3.8, 4) is 0 Å². The van der Waals surface area contributed by atoms with Gasteiger partial charge in [-0.25, -0.2) is 4.79 Å². The third-order valence-electron chi connectivity index (χ3n) is 1.91.